The minimum absolute atomic E-state index is 0. The molecule has 0 spiro atoms. The first kappa shape index (κ1) is 34.6. The van der Waals surface area contributed by atoms with Crippen LogP contribution < -0.4 is 0 Å². The molecule has 0 saturated heterocycles. The molecule has 1 unspecified atom stereocenters. The quantitative estimate of drug-likeness (QED) is 0.306. The Morgan fingerprint density at radius 3 is 1.17 bits per heavy atom. The smallest absolute Gasteiger partial charge is 0.0591 e. The molecule has 1 rings (SSSR count). The predicted octanol–water partition coefficient (Wildman–Crippen LogP) is 6.74. The first-order valence-electron chi connectivity index (χ1n) is 8.11. The molecular formula is C20H41NOY-2. The van der Waals surface area contributed by atoms with Crippen molar-refractivity contribution in [2.45, 2.75) is 61.8 Å². The minimum atomic E-state index is -0.372. The Kier molecular flexibility index (Phi) is 33.4. The van der Waals surface area contributed by atoms with E-state index < -0.39 is 0 Å². The standard InChI is InChI=1S/C8H18NO.C6H6.C3H8.C2H6.CH3.Y/c1-6-9(5,10)7-8(2,3)4;1-2-4-6-5-3-1;1-3-2;1-2;;/h5-7H2,1-4H3;1-6H;3H2,1-2H3;1-2H3;1H3;/q-1;;;;-1;. The Bertz CT molecular complexity index is 255. The third-order valence-corrected chi connectivity index (χ3v) is 2.01. The molecule has 0 amide bonds. The normalized spacial score (nSPS) is 11.2. The molecule has 0 aliphatic rings. The van der Waals surface area contributed by atoms with Gasteiger partial charge in [0.25, 0.3) is 0 Å². The van der Waals surface area contributed by atoms with Crippen molar-refractivity contribution in [3.8, 4) is 0 Å². The summed E-state index contributed by atoms with van der Waals surface area (Å²) in [6.45, 7) is 17.4. The summed E-state index contributed by atoms with van der Waals surface area (Å²) in [5, 5.41) is 11.3. The maximum Gasteiger partial charge on any atom is 0.0591 e. The van der Waals surface area contributed by atoms with Gasteiger partial charge in [0.2, 0.25) is 0 Å². The van der Waals surface area contributed by atoms with Crippen LogP contribution in [0.1, 0.15) is 61.8 Å². The van der Waals surface area contributed by atoms with Gasteiger partial charge in [0.05, 0.1) is 13.1 Å². The van der Waals surface area contributed by atoms with Crippen LogP contribution in [-0.2, 0) is 32.7 Å². The van der Waals surface area contributed by atoms with Crippen LogP contribution in [0, 0.1) is 25.1 Å². The molecule has 137 valence electrons. The molecule has 1 aromatic rings. The van der Waals surface area contributed by atoms with Gasteiger partial charge in [0.1, 0.15) is 0 Å². The maximum atomic E-state index is 11.3. The van der Waals surface area contributed by atoms with Crippen LogP contribution in [0.5, 0.6) is 0 Å². The van der Waals surface area contributed by atoms with Gasteiger partial charge in [-0.1, -0.05) is 91.3 Å². The molecule has 0 aromatic heterocycles. The van der Waals surface area contributed by atoms with Gasteiger partial charge in [-0.3, -0.25) is 0 Å². The molecule has 1 aromatic carbocycles. The fourth-order valence-electron chi connectivity index (χ4n) is 1.36. The Labute approximate surface area is 173 Å². The number of benzene rings is 1. The first-order chi connectivity index (χ1) is 9.68. The average molecular weight is 400 g/mol. The number of hydrogen-bond acceptors (Lipinski definition) is 1. The predicted molar refractivity (Wildman–Crippen MR) is 104 cm³/mol. The van der Waals surface area contributed by atoms with E-state index >= 15 is 0 Å². The second-order valence-electron chi connectivity index (χ2n) is 5.95. The summed E-state index contributed by atoms with van der Waals surface area (Å²) in [5.41, 5.74) is 0.0828. The van der Waals surface area contributed by atoms with E-state index in [1.54, 1.807) is 0 Å². The topological polar surface area (TPSA) is 23.1 Å². The number of rotatable bonds is 2. The molecule has 0 heterocycles. The van der Waals surface area contributed by atoms with Crippen molar-refractivity contribution in [2.24, 2.45) is 5.41 Å². The number of hydroxylamine groups is 3. The summed E-state index contributed by atoms with van der Waals surface area (Å²) in [4.78, 5) is 0. The van der Waals surface area contributed by atoms with Gasteiger partial charge in [-0.25, -0.2) is 0 Å². The van der Waals surface area contributed by atoms with Gasteiger partial charge in [-0.05, 0) is 6.92 Å². The SMILES string of the molecule is CC.CCC.[CH2-][N+]([O-])(CC)CC(C)(C)C.[CH3-].[Y].c1ccccc1. The second kappa shape index (κ2) is 22.2. The third-order valence-electron chi connectivity index (χ3n) is 2.01. The summed E-state index contributed by atoms with van der Waals surface area (Å²) in [5.74, 6) is 0. The van der Waals surface area contributed by atoms with Crippen molar-refractivity contribution in [2.75, 3.05) is 13.1 Å². The Hall–Kier alpha value is 0.244. The zero-order valence-corrected chi connectivity index (χ0v) is 20.1. The van der Waals surface area contributed by atoms with Crippen molar-refractivity contribution < 1.29 is 37.4 Å². The van der Waals surface area contributed by atoms with Crippen molar-refractivity contribution in [1.82, 2.24) is 0 Å². The summed E-state index contributed by atoms with van der Waals surface area (Å²) in [6, 6.07) is 12.0. The van der Waals surface area contributed by atoms with Crippen LogP contribution in [0.2, 0.25) is 0 Å². The Balaban J connectivity index is -0.0000000716. The van der Waals surface area contributed by atoms with Crippen LogP contribution in [-0.4, -0.2) is 17.7 Å². The van der Waals surface area contributed by atoms with Crippen LogP contribution in [0.4, 0.5) is 0 Å². The number of hydrogen-bond donors (Lipinski definition) is 0. The molecule has 1 radical (unpaired) electrons. The van der Waals surface area contributed by atoms with Crippen molar-refractivity contribution in [1.29, 1.82) is 0 Å². The van der Waals surface area contributed by atoms with E-state index in [-0.39, 0.29) is 50.2 Å². The van der Waals surface area contributed by atoms with Crippen molar-refractivity contribution >= 4 is 0 Å². The minimum Gasteiger partial charge on any atom is -0.662 e. The summed E-state index contributed by atoms with van der Waals surface area (Å²) >= 11 is 0. The van der Waals surface area contributed by atoms with E-state index in [1.165, 1.54) is 6.42 Å². The van der Waals surface area contributed by atoms with Crippen molar-refractivity contribution in [3.63, 3.8) is 0 Å². The average Bonchev–Trinajstić information content (AvgIpc) is 2.42. The van der Waals surface area contributed by atoms with Crippen LogP contribution >= 0.6 is 0 Å². The Morgan fingerprint density at radius 1 is 0.870 bits per heavy atom. The van der Waals surface area contributed by atoms with E-state index in [0.717, 1.165) is 0 Å². The van der Waals surface area contributed by atoms with Crippen LogP contribution in [0.3, 0.4) is 0 Å². The Morgan fingerprint density at radius 2 is 1.09 bits per heavy atom. The fraction of sp³-hybridized carbons (Fsp3) is 0.600. The van der Waals surface area contributed by atoms with E-state index in [2.05, 4.69) is 41.7 Å². The molecule has 2 nitrogen and oxygen atoms in total. The van der Waals surface area contributed by atoms with E-state index in [9.17, 15) is 5.21 Å². The van der Waals surface area contributed by atoms with E-state index in [0.29, 0.717) is 13.1 Å². The van der Waals surface area contributed by atoms with Gasteiger partial charge >= 0.3 is 0 Å². The number of nitrogens with zero attached hydrogens (tertiary/aromatic N) is 1. The van der Waals surface area contributed by atoms with Gasteiger partial charge in [0, 0.05) is 38.1 Å². The molecule has 0 bridgehead atoms. The molecule has 23 heavy (non-hydrogen) atoms. The monoisotopic (exact) mass is 400 g/mol. The van der Waals surface area contributed by atoms with Crippen LogP contribution in [0.25, 0.3) is 0 Å². The van der Waals surface area contributed by atoms with Crippen molar-refractivity contribution in [3.05, 3.63) is 56.1 Å². The molecule has 0 saturated carbocycles. The van der Waals surface area contributed by atoms with Gasteiger partial charge in [-0.2, -0.15) is 0 Å². The van der Waals surface area contributed by atoms with E-state index in [4.69, 9.17) is 0 Å². The van der Waals surface area contributed by atoms with Gasteiger partial charge in [0.15, 0.2) is 0 Å². The first-order valence-corrected chi connectivity index (χ1v) is 8.11. The molecule has 1 atom stereocenters. The second-order valence-corrected chi connectivity index (χ2v) is 5.95. The largest absolute Gasteiger partial charge is 0.662 e. The molecule has 0 aliphatic carbocycles. The summed E-state index contributed by atoms with van der Waals surface area (Å²) in [7, 11) is 3.56. The summed E-state index contributed by atoms with van der Waals surface area (Å²) in [6.07, 6.45) is 1.25. The number of quaternary nitrogens is 1. The molecule has 0 N–H and O–H groups in total. The fourth-order valence-corrected chi connectivity index (χ4v) is 1.36. The third kappa shape index (κ3) is 39.2. The molecule has 3 heteroatoms. The zero-order chi connectivity index (χ0) is 17.4. The van der Waals surface area contributed by atoms with E-state index in [1.807, 2.05) is 57.2 Å². The molecule has 0 aliphatic heterocycles. The zero-order valence-electron chi connectivity index (χ0n) is 17.2. The van der Waals surface area contributed by atoms with Gasteiger partial charge < -0.3 is 17.3 Å². The van der Waals surface area contributed by atoms with Crippen LogP contribution in [0.15, 0.2) is 36.4 Å². The maximum absolute atomic E-state index is 11.3. The molecule has 0 fully saturated rings. The summed E-state index contributed by atoms with van der Waals surface area (Å²) < 4.78 is -0.372. The molecular weight excluding hydrogens is 359 g/mol. The van der Waals surface area contributed by atoms with Gasteiger partial charge in [-0.15, -0.1) is 7.05 Å².